The molecule has 2 amide bonds. The third-order valence-electron chi connectivity index (χ3n) is 5.43. The van der Waals surface area contributed by atoms with Crippen LogP contribution in [0.2, 0.25) is 5.02 Å². The average Bonchev–Trinajstić information content (AvgIpc) is 3.05. The fourth-order valence-corrected chi connectivity index (χ4v) is 3.91. The Kier molecular flexibility index (Phi) is 10.4. The molecule has 3 N–H and O–H groups in total. The van der Waals surface area contributed by atoms with Crippen LogP contribution >= 0.6 is 36.4 Å². The standard InChI is InChI=1S/C19H27ClN4O2.2ClH/c20-15-4-6-16(7-5-15)23-8-10-24(11-9-23)19(26)13-22-18(25)12-14-2-1-3-17(14)21;;/h4-7,14,17H,1-3,8-13,21H2,(H,22,25);2*1H/t14-,17+;;/m0../s1. The van der Waals surface area contributed by atoms with Gasteiger partial charge in [0.05, 0.1) is 6.54 Å². The first-order chi connectivity index (χ1) is 12.5. The molecule has 0 aromatic heterocycles. The van der Waals surface area contributed by atoms with Crippen LogP contribution in [-0.2, 0) is 9.59 Å². The van der Waals surface area contributed by atoms with Gasteiger partial charge in [-0.25, -0.2) is 0 Å². The molecule has 1 aliphatic heterocycles. The van der Waals surface area contributed by atoms with Crippen LogP contribution in [0.3, 0.4) is 0 Å². The van der Waals surface area contributed by atoms with Gasteiger partial charge in [0.25, 0.3) is 0 Å². The Morgan fingerprint density at radius 3 is 2.29 bits per heavy atom. The molecule has 3 rings (SSSR count). The van der Waals surface area contributed by atoms with Gasteiger partial charge >= 0.3 is 0 Å². The number of carbonyl (C=O) groups is 2. The van der Waals surface area contributed by atoms with Gasteiger partial charge in [-0.05, 0) is 43.0 Å². The number of hydrogen-bond acceptors (Lipinski definition) is 4. The maximum absolute atomic E-state index is 12.3. The maximum Gasteiger partial charge on any atom is 0.242 e. The molecular formula is C19H29Cl3N4O2. The van der Waals surface area contributed by atoms with Crippen molar-refractivity contribution in [2.75, 3.05) is 37.6 Å². The summed E-state index contributed by atoms with van der Waals surface area (Å²) in [6.45, 7) is 2.94. The van der Waals surface area contributed by atoms with Gasteiger partial charge in [-0.15, -0.1) is 24.8 Å². The predicted octanol–water partition coefficient (Wildman–Crippen LogP) is 2.47. The van der Waals surface area contributed by atoms with Crippen LogP contribution in [0.15, 0.2) is 24.3 Å². The average molecular weight is 452 g/mol. The summed E-state index contributed by atoms with van der Waals surface area (Å²) >= 11 is 5.92. The van der Waals surface area contributed by atoms with Crippen molar-refractivity contribution in [2.45, 2.75) is 31.7 Å². The number of piperazine rings is 1. The number of amides is 2. The number of rotatable bonds is 5. The summed E-state index contributed by atoms with van der Waals surface area (Å²) in [6, 6.07) is 7.86. The predicted molar refractivity (Wildman–Crippen MR) is 118 cm³/mol. The van der Waals surface area contributed by atoms with Crippen molar-refractivity contribution in [3.05, 3.63) is 29.3 Å². The number of hydrogen-bond donors (Lipinski definition) is 2. The quantitative estimate of drug-likeness (QED) is 0.721. The van der Waals surface area contributed by atoms with Crippen LogP contribution in [-0.4, -0.2) is 55.5 Å². The molecule has 1 saturated heterocycles. The summed E-state index contributed by atoms with van der Waals surface area (Å²) in [4.78, 5) is 28.4. The van der Waals surface area contributed by atoms with Crippen molar-refractivity contribution in [1.29, 1.82) is 0 Å². The van der Waals surface area contributed by atoms with E-state index in [-0.39, 0.29) is 55.1 Å². The Labute approximate surface area is 184 Å². The zero-order valence-electron chi connectivity index (χ0n) is 15.8. The van der Waals surface area contributed by atoms with Crippen molar-refractivity contribution in [3.63, 3.8) is 0 Å². The van der Waals surface area contributed by atoms with E-state index in [0.29, 0.717) is 19.5 Å². The van der Waals surface area contributed by atoms with Crippen LogP contribution < -0.4 is 16.0 Å². The Hall–Kier alpha value is -1.21. The monoisotopic (exact) mass is 450 g/mol. The number of nitrogens with two attached hydrogens (primary N) is 1. The number of halogens is 3. The first-order valence-corrected chi connectivity index (χ1v) is 9.71. The van der Waals surface area contributed by atoms with Gasteiger partial charge in [0.2, 0.25) is 11.8 Å². The Morgan fingerprint density at radius 2 is 1.71 bits per heavy atom. The smallest absolute Gasteiger partial charge is 0.242 e. The van der Waals surface area contributed by atoms with Crippen LogP contribution in [0.5, 0.6) is 0 Å². The van der Waals surface area contributed by atoms with E-state index < -0.39 is 0 Å². The summed E-state index contributed by atoms with van der Waals surface area (Å²) in [5.74, 6) is 0.165. The van der Waals surface area contributed by atoms with Crippen LogP contribution in [0.4, 0.5) is 5.69 Å². The van der Waals surface area contributed by atoms with Gasteiger partial charge in [0, 0.05) is 49.4 Å². The van der Waals surface area contributed by atoms with Gasteiger partial charge in [0.1, 0.15) is 0 Å². The highest BCUT2D eigenvalue weighted by atomic mass is 35.5. The highest BCUT2D eigenvalue weighted by Gasteiger charge is 2.27. The highest BCUT2D eigenvalue weighted by Crippen LogP contribution is 2.26. The molecule has 2 fully saturated rings. The minimum atomic E-state index is -0.0690. The van der Waals surface area contributed by atoms with E-state index in [4.69, 9.17) is 17.3 Å². The van der Waals surface area contributed by atoms with Crippen LogP contribution in [0, 0.1) is 5.92 Å². The topological polar surface area (TPSA) is 78.7 Å². The molecule has 2 atom stereocenters. The molecule has 1 aliphatic carbocycles. The van der Waals surface area contributed by atoms with E-state index in [1.807, 2.05) is 29.2 Å². The van der Waals surface area contributed by atoms with Crippen molar-refractivity contribution in [2.24, 2.45) is 11.7 Å². The van der Waals surface area contributed by atoms with E-state index >= 15 is 0 Å². The van der Waals surface area contributed by atoms with E-state index in [9.17, 15) is 9.59 Å². The second-order valence-corrected chi connectivity index (χ2v) is 7.62. The molecule has 6 nitrogen and oxygen atoms in total. The summed E-state index contributed by atoms with van der Waals surface area (Å²) in [6.07, 6.45) is 3.53. The SMILES string of the molecule is Cl.Cl.N[C@@H]1CCC[C@H]1CC(=O)NCC(=O)N1CCN(c2ccc(Cl)cc2)CC1. The number of nitrogens with zero attached hydrogens (tertiary/aromatic N) is 2. The minimum Gasteiger partial charge on any atom is -0.368 e. The highest BCUT2D eigenvalue weighted by molar-refractivity contribution is 6.30. The fourth-order valence-electron chi connectivity index (χ4n) is 3.78. The number of nitrogens with one attached hydrogen (secondary N) is 1. The lowest BCUT2D eigenvalue weighted by Gasteiger charge is -2.36. The van der Waals surface area contributed by atoms with Crippen molar-refractivity contribution in [1.82, 2.24) is 10.2 Å². The second kappa shape index (κ2) is 11.7. The molecule has 158 valence electrons. The number of benzene rings is 1. The molecule has 1 heterocycles. The van der Waals surface area contributed by atoms with Gasteiger partial charge in [0.15, 0.2) is 0 Å². The number of carbonyl (C=O) groups excluding carboxylic acids is 2. The van der Waals surface area contributed by atoms with E-state index in [2.05, 4.69) is 10.2 Å². The fraction of sp³-hybridized carbons (Fsp3) is 0.579. The molecule has 0 radical (unpaired) electrons. The number of anilines is 1. The summed E-state index contributed by atoms with van der Waals surface area (Å²) in [7, 11) is 0. The lowest BCUT2D eigenvalue weighted by Crippen LogP contribution is -2.51. The molecule has 2 aliphatic rings. The third kappa shape index (κ3) is 6.69. The zero-order chi connectivity index (χ0) is 18.5. The third-order valence-corrected chi connectivity index (χ3v) is 5.68. The molecular weight excluding hydrogens is 423 g/mol. The molecule has 1 aromatic rings. The van der Waals surface area contributed by atoms with E-state index in [1.165, 1.54) is 0 Å². The zero-order valence-corrected chi connectivity index (χ0v) is 18.2. The molecule has 0 bridgehead atoms. The largest absolute Gasteiger partial charge is 0.368 e. The van der Waals surface area contributed by atoms with Gasteiger partial charge < -0.3 is 20.9 Å². The Balaban J connectivity index is 0.00000196. The lowest BCUT2D eigenvalue weighted by molar-refractivity contribution is -0.133. The lowest BCUT2D eigenvalue weighted by atomic mass is 10.00. The normalized spacial score (nSPS) is 21.5. The van der Waals surface area contributed by atoms with E-state index in [1.54, 1.807) is 0 Å². The summed E-state index contributed by atoms with van der Waals surface area (Å²) in [5.41, 5.74) is 7.12. The van der Waals surface area contributed by atoms with Gasteiger partial charge in [-0.1, -0.05) is 18.0 Å². The van der Waals surface area contributed by atoms with Crippen LogP contribution in [0.25, 0.3) is 0 Å². The Morgan fingerprint density at radius 1 is 1.07 bits per heavy atom. The summed E-state index contributed by atoms with van der Waals surface area (Å²) in [5, 5.41) is 3.48. The van der Waals surface area contributed by atoms with Crippen molar-refractivity contribution < 1.29 is 9.59 Å². The minimum absolute atomic E-state index is 0. The van der Waals surface area contributed by atoms with Gasteiger partial charge in [-0.2, -0.15) is 0 Å². The first kappa shape index (κ1) is 24.8. The molecule has 1 aromatic carbocycles. The second-order valence-electron chi connectivity index (χ2n) is 7.18. The maximum atomic E-state index is 12.3. The van der Waals surface area contributed by atoms with Gasteiger partial charge in [-0.3, -0.25) is 9.59 Å². The molecule has 0 spiro atoms. The van der Waals surface area contributed by atoms with Crippen molar-refractivity contribution >= 4 is 53.9 Å². The van der Waals surface area contributed by atoms with Crippen molar-refractivity contribution in [3.8, 4) is 0 Å². The van der Waals surface area contributed by atoms with Crippen LogP contribution in [0.1, 0.15) is 25.7 Å². The molecule has 1 saturated carbocycles. The molecule has 28 heavy (non-hydrogen) atoms. The molecule has 0 unspecified atom stereocenters. The first-order valence-electron chi connectivity index (χ1n) is 9.33. The Bertz CT molecular complexity index is 637. The molecule has 9 heteroatoms. The summed E-state index contributed by atoms with van der Waals surface area (Å²) < 4.78 is 0. The van der Waals surface area contributed by atoms with E-state index in [0.717, 1.165) is 43.1 Å².